The highest BCUT2D eigenvalue weighted by Crippen LogP contribution is 1.15. The van der Waals surface area contributed by atoms with E-state index in [2.05, 4.69) is 0 Å². The highest BCUT2D eigenvalue weighted by atomic mass is 16.2. The molecule has 0 fully saturated rings. The van der Waals surface area contributed by atoms with Crippen molar-refractivity contribution in [1.82, 2.24) is 0 Å². The molecule has 0 aliphatic heterocycles. The Morgan fingerprint density at radius 1 is 0.833 bits per heavy atom. The predicted molar refractivity (Wildman–Crippen MR) is 60.7 cm³/mol. The summed E-state index contributed by atoms with van der Waals surface area (Å²) in [7, 11) is 1.00. The SMILES string of the molecule is C.CC.CC.CC.CC=O.CO. The molecule has 0 amide bonds. The zero-order chi connectivity index (χ0) is 10.7. The van der Waals surface area contributed by atoms with Crippen molar-refractivity contribution < 1.29 is 9.90 Å². The van der Waals surface area contributed by atoms with Crippen molar-refractivity contribution >= 4 is 6.29 Å². The molecule has 0 aliphatic rings. The molecular formula is C10H30O2. The lowest BCUT2D eigenvalue weighted by atomic mass is 11.0. The summed E-state index contributed by atoms with van der Waals surface area (Å²) in [5, 5.41) is 7.00. The summed E-state index contributed by atoms with van der Waals surface area (Å²) in [6, 6.07) is 0. The van der Waals surface area contributed by atoms with Crippen LogP contribution in [0.1, 0.15) is 55.9 Å². The number of carbonyl (C=O) groups excluding carboxylic acids is 1. The lowest BCUT2D eigenvalue weighted by molar-refractivity contribution is -0.106. The minimum Gasteiger partial charge on any atom is -0.400 e. The van der Waals surface area contributed by atoms with Crippen molar-refractivity contribution in [3.05, 3.63) is 0 Å². The molecule has 0 aromatic carbocycles. The second-order valence-corrected chi connectivity index (χ2v) is 0.236. The molecular weight excluding hydrogens is 152 g/mol. The lowest BCUT2D eigenvalue weighted by Crippen LogP contribution is -1.36. The van der Waals surface area contributed by atoms with E-state index in [0.29, 0.717) is 0 Å². The van der Waals surface area contributed by atoms with Gasteiger partial charge in [-0.25, -0.2) is 0 Å². The van der Waals surface area contributed by atoms with Crippen LogP contribution in [0.5, 0.6) is 0 Å². The Labute approximate surface area is 80.0 Å². The topological polar surface area (TPSA) is 37.3 Å². The largest absolute Gasteiger partial charge is 0.400 e. The van der Waals surface area contributed by atoms with Gasteiger partial charge in [0.2, 0.25) is 0 Å². The highest BCUT2D eigenvalue weighted by Gasteiger charge is 1.24. The minimum atomic E-state index is 0. The van der Waals surface area contributed by atoms with Gasteiger partial charge in [0.15, 0.2) is 0 Å². The first-order valence-corrected chi connectivity index (χ1v) is 4.26. The fourth-order valence-corrected chi connectivity index (χ4v) is 0. The van der Waals surface area contributed by atoms with Gasteiger partial charge in [-0.3, -0.25) is 0 Å². The second kappa shape index (κ2) is 2480. The van der Waals surface area contributed by atoms with Crippen molar-refractivity contribution in [2.75, 3.05) is 7.11 Å². The van der Waals surface area contributed by atoms with Crippen LogP contribution < -0.4 is 0 Å². The maximum atomic E-state index is 8.81. The molecule has 0 rings (SSSR count). The van der Waals surface area contributed by atoms with Crippen molar-refractivity contribution in [3.63, 3.8) is 0 Å². The summed E-state index contributed by atoms with van der Waals surface area (Å²) in [6.07, 6.45) is 0.750. The monoisotopic (exact) mass is 182 g/mol. The Morgan fingerprint density at radius 3 is 0.833 bits per heavy atom. The maximum Gasteiger partial charge on any atom is 0.116 e. The Bertz CT molecular complexity index is 15.3. The predicted octanol–water partition coefficient (Wildman–Crippen LogP) is 3.53. The number of hydrogen-bond acceptors (Lipinski definition) is 2. The number of aliphatic hydroxyl groups excluding tert-OH is 1. The van der Waals surface area contributed by atoms with Crippen molar-refractivity contribution in [2.45, 2.75) is 55.9 Å². The molecule has 0 unspecified atom stereocenters. The van der Waals surface area contributed by atoms with E-state index in [-0.39, 0.29) is 7.43 Å². The lowest BCUT2D eigenvalue weighted by Gasteiger charge is -1.23. The molecule has 0 saturated carbocycles. The van der Waals surface area contributed by atoms with Gasteiger partial charge in [0, 0.05) is 7.11 Å². The Balaban J connectivity index is -0.00000000933. The summed E-state index contributed by atoms with van der Waals surface area (Å²) in [4.78, 5) is 8.81. The molecule has 0 radical (unpaired) electrons. The van der Waals surface area contributed by atoms with Gasteiger partial charge in [-0.15, -0.1) is 0 Å². The summed E-state index contributed by atoms with van der Waals surface area (Å²) in [6.45, 7) is 13.4. The molecule has 0 spiro atoms. The van der Waals surface area contributed by atoms with Crippen LogP contribution in [0.15, 0.2) is 0 Å². The first-order chi connectivity index (χ1) is 5.41. The summed E-state index contributed by atoms with van der Waals surface area (Å²) in [5.74, 6) is 0. The van der Waals surface area contributed by atoms with Crippen LogP contribution in [0.3, 0.4) is 0 Å². The van der Waals surface area contributed by atoms with E-state index in [1.807, 2.05) is 41.5 Å². The molecule has 2 nitrogen and oxygen atoms in total. The van der Waals surface area contributed by atoms with Crippen LogP contribution in [0.4, 0.5) is 0 Å². The molecule has 0 atom stereocenters. The van der Waals surface area contributed by atoms with Crippen molar-refractivity contribution in [2.24, 2.45) is 0 Å². The summed E-state index contributed by atoms with van der Waals surface area (Å²) >= 11 is 0. The fraction of sp³-hybridized carbons (Fsp3) is 0.900. The second-order valence-electron chi connectivity index (χ2n) is 0.236. The Morgan fingerprint density at radius 2 is 0.833 bits per heavy atom. The van der Waals surface area contributed by atoms with E-state index >= 15 is 0 Å². The van der Waals surface area contributed by atoms with Gasteiger partial charge in [0.25, 0.3) is 0 Å². The third-order valence-corrected chi connectivity index (χ3v) is 0. The number of aliphatic hydroxyl groups is 1. The zero-order valence-corrected chi connectivity index (χ0v) is 9.43. The van der Waals surface area contributed by atoms with E-state index < -0.39 is 0 Å². The maximum absolute atomic E-state index is 8.81. The Kier molecular flexibility index (Phi) is 8580. The van der Waals surface area contributed by atoms with Gasteiger partial charge in [0.1, 0.15) is 6.29 Å². The van der Waals surface area contributed by atoms with Crippen LogP contribution in [0.2, 0.25) is 0 Å². The van der Waals surface area contributed by atoms with Gasteiger partial charge in [-0.05, 0) is 6.92 Å². The van der Waals surface area contributed by atoms with E-state index in [1.165, 1.54) is 6.92 Å². The third kappa shape index (κ3) is 5240. The molecule has 0 aromatic rings. The first kappa shape index (κ1) is 41.5. The molecule has 12 heavy (non-hydrogen) atoms. The van der Waals surface area contributed by atoms with Crippen LogP contribution in [0.25, 0.3) is 0 Å². The first-order valence-electron chi connectivity index (χ1n) is 4.26. The molecule has 2 heteroatoms. The molecule has 82 valence electrons. The molecule has 0 bridgehead atoms. The van der Waals surface area contributed by atoms with E-state index in [9.17, 15) is 0 Å². The number of carbonyl (C=O) groups is 1. The molecule has 0 aliphatic carbocycles. The van der Waals surface area contributed by atoms with Crippen LogP contribution in [-0.2, 0) is 4.79 Å². The van der Waals surface area contributed by atoms with Gasteiger partial charge in [-0.1, -0.05) is 49.0 Å². The van der Waals surface area contributed by atoms with E-state index in [4.69, 9.17) is 9.90 Å². The number of aldehydes is 1. The Hall–Kier alpha value is -0.370. The van der Waals surface area contributed by atoms with E-state index in [0.717, 1.165) is 13.4 Å². The van der Waals surface area contributed by atoms with Gasteiger partial charge in [-0.2, -0.15) is 0 Å². The third-order valence-electron chi connectivity index (χ3n) is 0. The number of hydrogen-bond donors (Lipinski definition) is 1. The summed E-state index contributed by atoms with van der Waals surface area (Å²) < 4.78 is 0. The molecule has 0 saturated heterocycles. The van der Waals surface area contributed by atoms with Gasteiger partial charge >= 0.3 is 0 Å². The highest BCUT2D eigenvalue weighted by molar-refractivity contribution is 5.44. The summed E-state index contributed by atoms with van der Waals surface area (Å²) in [5.41, 5.74) is 0. The van der Waals surface area contributed by atoms with Gasteiger partial charge in [0.05, 0.1) is 0 Å². The fourth-order valence-electron chi connectivity index (χ4n) is 0. The smallest absolute Gasteiger partial charge is 0.116 e. The minimum absolute atomic E-state index is 0. The van der Waals surface area contributed by atoms with Crippen molar-refractivity contribution in [3.8, 4) is 0 Å². The normalized spacial score (nSPS) is 3.08. The molecule has 1 N–H and O–H groups in total. The average molecular weight is 182 g/mol. The average Bonchev–Trinajstić information content (AvgIpc) is 2.18. The zero-order valence-electron chi connectivity index (χ0n) is 9.43. The standard InChI is InChI=1S/C2H4O.3C2H6.CH4O.CH4/c1-2-3;4*1-2;/h2H,1H3;3*1-2H3;2H,1H3;1H4. The van der Waals surface area contributed by atoms with Crippen LogP contribution in [0, 0.1) is 0 Å². The van der Waals surface area contributed by atoms with Crippen LogP contribution in [-0.4, -0.2) is 18.5 Å². The quantitative estimate of drug-likeness (QED) is 0.582. The van der Waals surface area contributed by atoms with Crippen molar-refractivity contribution in [1.29, 1.82) is 0 Å². The molecule has 0 heterocycles. The van der Waals surface area contributed by atoms with E-state index in [1.54, 1.807) is 0 Å². The molecule has 0 aromatic heterocycles. The van der Waals surface area contributed by atoms with Crippen LogP contribution >= 0.6 is 0 Å². The van der Waals surface area contributed by atoms with Gasteiger partial charge < -0.3 is 9.90 Å². The number of rotatable bonds is 0.